The van der Waals surface area contributed by atoms with E-state index in [4.69, 9.17) is 11.6 Å². The third-order valence-corrected chi connectivity index (χ3v) is 4.80. The van der Waals surface area contributed by atoms with E-state index in [0.717, 1.165) is 11.8 Å². The largest absolute Gasteiger partial charge is 0.334 e. The van der Waals surface area contributed by atoms with Crippen molar-refractivity contribution in [1.29, 1.82) is 0 Å². The van der Waals surface area contributed by atoms with Crippen LogP contribution in [0.4, 0.5) is 4.79 Å². The second-order valence-corrected chi connectivity index (χ2v) is 5.85. The Labute approximate surface area is 105 Å². The number of urea groups is 1. The summed E-state index contributed by atoms with van der Waals surface area (Å²) in [7, 11) is 0. The standard InChI is InChI=1S/C12H17ClN2O2/c13-4-3-8(16)14-12(17)15-11-9-6-1-2-7(5-6)10(9)11/h6-7,9-11H,1-5H2,(H2,14,15,16,17). The minimum atomic E-state index is -0.348. The molecule has 0 spiro atoms. The highest BCUT2D eigenvalue weighted by molar-refractivity contribution is 6.19. The molecule has 2 N–H and O–H groups in total. The van der Waals surface area contributed by atoms with Crippen molar-refractivity contribution in [1.82, 2.24) is 10.6 Å². The van der Waals surface area contributed by atoms with Gasteiger partial charge in [0.05, 0.1) is 0 Å². The van der Waals surface area contributed by atoms with Crippen LogP contribution in [0.2, 0.25) is 0 Å². The molecule has 17 heavy (non-hydrogen) atoms. The summed E-state index contributed by atoms with van der Waals surface area (Å²) in [6, 6.07) is -0.0241. The lowest BCUT2D eigenvalue weighted by atomic mass is 10.0. The van der Waals surface area contributed by atoms with E-state index in [1.807, 2.05) is 0 Å². The molecule has 3 amide bonds. The first-order valence-corrected chi connectivity index (χ1v) is 6.90. The highest BCUT2D eigenvalue weighted by atomic mass is 35.5. The molecule has 4 unspecified atom stereocenters. The van der Waals surface area contributed by atoms with Gasteiger partial charge >= 0.3 is 6.03 Å². The highest BCUT2D eigenvalue weighted by Gasteiger charge is 2.65. The fourth-order valence-electron chi connectivity index (χ4n) is 3.98. The molecule has 3 fully saturated rings. The Morgan fingerprint density at radius 3 is 2.41 bits per heavy atom. The van der Waals surface area contributed by atoms with Crippen LogP contribution in [-0.2, 0) is 4.79 Å². The maximum atomic E-state index is 11.6. The molecule has 0 aromatic heterocycles. The first-order valence-electron chi connectivity index (χ1n) is 6.37. The minimum absolute atomic E-state index is 0.192. The number of amides is 3. The number of carbonyl (C=O) groups excluding carboxylic acids is 2. The van der Waals surface area contributed by atoms with Gasteiger partial charge in [-0.3, -0.25) is 10.1 Å². The third kappa shape index (κ3) is 1.92. The number of alkyl halides is 1. The van der Waals surface area contributed by atoms with E-state index in [9.17, 15) is 9.59 Å². The number of fused-ring (bicyclic) bond motifs is 5. The normalized spacial score (nSPS) is 40.9. The number of nitrogens with one attached hydrogen (secondary N) is 2. The maximum Gasteiger partial charge on any atom is 0.321 e. The molecule has 0 aromatic rings. The molecule has 4 nitrogen and oxygen atoms in total. The molecule has 3 saturated carbocycles. The van der Waals surface area contributed by atoms with Gasteiger partial charge < -0.3 is 5.32 Å². The molecule has 3 aliphatic rings. The summed E-state index contributed by atoms with van der Waals surface area (Å²) in [5.74, 6) is 3.00. The second kappa shape index (κ2) is 4.16. The third-order valence-electron chi connectivity index (χ3n) is 4.61. The van der Waals surface area contributed by atoms with E-state index in [1.165, 1.54) is 19.3 Å². The van der Waals surface area contributed by atoms with Crippen LogP contribution >= 0.6 is 11.6 Å². The molecule has 0 aliphatic heterocycles. The van der Waals surface area contributed by atoms with Crippen molar-refractivity contribution < 1.29 is 9.59 Å². The van der Waals surface area contributed by atoms with Gasteiger partial charge in [0.15, 0.2) is 0 Å². The summed E-state index contributed by atoms with van der Waals surface area (Å²) >= 11 is 5.43. The van der Waals surface area contributed by atoms with Crippen molar-refractivity contribution >= 4 is 23.5 Å². The molecule has 3 rings (SSSR count). The topological polar surface area (TPSA) is 58.2 Å². The quantitative estimate of drug-likeness (QED) is 0.752. The number of carbonyl (C=O) groups is 2. The smallest absolute Gasteiger partial charge is 0.321 e. The molecule has 3 aliphatic carbocycles. The number of imide groups is 1. The van der Waals surface area contributed by atoms with Gasteiger partial charge in [-0.05, 0) is 42.9 Å². The number of hydrogen-bond acceptors (Lipinski definition) is 2. The van der Waals surface area contributed by atoms with Crippen LogP contribution in [0.5, 0.6) is 0 Å². The molecule has 0 saturated heterocycles. The van der Waals surface area contributed by atoms with E-state index in [-0.39, 0.29) is 24.2 Å². The fourth-order valence-corrected chi connectivity index (χ4v) is 4.15. The zero-order valence-corrected chi connectivity index (χ0v) is 10.4. The van der Waals surface area contributed by atoms with Crippen molar-refractivity contribution in [2.24, 2.45) is 23.7 Å². The van der Waals surface area contributed by atoms with Gasteiger partial charge in [0.1, 0.15) is 0 Å². The zero-order chi connectivity index (χ0) is 12.0. The fraction of sp³-hybridized carbons (Fsp3) is 0.833. The molecule has 0 radical (unpaired) electrons. The molecule has 94 valence electrons. The van der Waals surface area contributed by atoms with Gasteiger partial charge in [0, 0.05) is 18.3 Å². The van der Waals surface area contributed by atoms with Crippen LogP contribution in [0.3, 0.4) is 0 Å². The van der Waals surface area contributed by atoms with Crippen LogP contribution in [-0.4, -0.2) is 23.9 Å². The van der Waals surface area contributed by atoms with Gasteiger partial charge in [-0.1, -0.05) is 0 Å². The average molecular weight is 257 g/mol. The predicted molar refractivity (Wildman–Crippen MR) is 63.6 cm³/mol. The van der Waals surface area contributed by atoms with E-state index in [1.54, 1.807) is 0 Å². The Morgan fingerprint density at radius 2 is 1.82 bits per heavy atom. The Bertz CT molecular complexity index is 344. The van der Waals surface area contributed by atoms with Crippen LogP contribution < -0.4 is 10.6 Å². The second-order valence-electron chi connectivity index (χ2n) is 5.47. The molecule has 2 bridgehead atoms. The molecular weight excluding hydrogens is 240 g/mol. The van der Waals surface area contributed by atoms with E-state index in [2.05, 4.69) is 10.6 Å². The van der Waals surface area contributed by atoms with Gasteiger partial charge in [-0.15, -0.1) is 11.6 Å². The average Bonchev–Trinajstić information content (AvgIpc) is 2.70. The first kappa shape index (κ1) is 11.3. The molecular formula is C12H17ClN2O2. The summed E-state index contributed by atoms with van der Waals surface area (Å²) in [5, 5.41) is 5.25. The van der Waals surface area contributed by atoms with Gasteiger partial charge in [0.2, 0.25) is 5.91 Å². The van der Waals surface area contributed by atoms with Gasteiger partial charge in [-0.2, -0.15) is 0 Å². The predicted octanol–water partition coefficient (Wildman–Crippen LogP) is 1.49. The molecule has 4 atom stereocenters. The number of halogens is 1. The first-order chi connectivity index (χ1) is 8.20. The maximum absolute atomic E-state index is 11.6. The van der Waals surface area contributed by atoms with E-state index in [0.29, 0.717) is 17.9 Å². The van der Waals surface area contributed by atoms with Crippen LogP contribution in [0.25, 0.3) is 0 Å². The Balaban J connectivity index is 1.47. The van der Waals surface area contributed by atoms with Crippen molar-refractivity contribution in [3.05, 3.63) is 0 Å². The van der Waals surface area contributed by atoms with Crippen molar-refractivity contribution in [2.75, 3.05) is 5.88 Å². The van der Waals surface area contributed by atoms with Gasteiger partial charge in [-0.25, -0.2) is 4.79 Å². The highest BCUT2D eigenvalue weighted by Crippen LogP contribution is 2.65. The summed E-state index contributed by atoms with van der Waals surface area (Å²) in [6.45, 7) is 0. The Hall–Kier alpha value is -0.770. The van der Waals surface area contributed by atoms with E-state index >= 15 is 0 Å². The number of hydrogen-bond donors (Lipinski definition) is 2. The summed E-state index contributed by atoms with van der Waals surface area (Å²) < 4.78 is 0. The Kier molecular flexibility index (Phi) is 2.77. The molecule has 0 heterocycles. The van der Waals surface area contributed by atoms with Crippen molar-refractivity contribution in [2.45, 2.75) is 31.7 Å². The summed E-state index contributed by atoms with van der Waals surface area (Å²) in [4.78, 5) is 22.7. The minimum Gasteiger partial charge on any atom is -0.334 e. The monoisotopic (exact) mass is 256 g/mol. The lowest BCUT2D eigenvalue weighted by Crippen LogP contribution is -2.42. The lowest BCUT2D eigenvalue weighted by Gasteiger charge is -2.10. The lowest BCUT2D eigenvalue weighted by molar-refractivity contribution is -0.119. The SMILES string of the molecule is O=C(CCCl)NC(=O)NC1C2C3CCC(C3)C12. The van der Waals surface area contributed by atoms with Crippen molar-refractivity contribution in [3.63, 3.8) is 0 Å². The van der Waals surface area contributed by atoms with Crippen LogP contribution in [0.15, 0.2) is 0 Å². The zero-order valence-electron chi connectivity index (χ0n) is 9.62. The summed E-state index contributed by atoms with van der Waals surface area (Å²) in [6.07, 6.45) is 4.21. The van der Waals surface area contributed by atoms with Gasteiger partial charge in [0.25, 0.3) is 0 Å². The van der Waals surface area contributed by atoms with Crippen LogP contribution in [0, 0.1) is 23.7 Å². The Morgan fingerprint density at radius 1 is 1.18 bits per heavy atom. The van der Waals surface area contributed by atoms with Crippen LogP contribution in [0.1, 0.15) is 25.7 Å². The van der Waals surface area contributed by atoms with E-state index < -0.39 is 0 Å². The molecule has 5 heteroatoms. The summed E-state index contributed by atoms with van der Waals surface area (Å²) in [5.41, 5.74) is 0. The number of rotatable bonds is 3. The van der Waals surface area contributed by atoms with Crippen molar-refractivity contribution in [3.8, 4) is 0 Å². The molecule has 0 aromatic carbocycles.